The van der Waals surface area contributed by atoms with E-state index < -0.39 is 11.7 Å². The summed E-state index contributed by atoms with van der Waals surface area (Å²) in [5.41, 5.74) is 3.97. The van der Waals surface area contributed by atoms with Crippen LogP contribution < -0.4 is 0 Å². The number of rotatable bonds is 2. The van der Waals surface area contributed by atoms with E-state index in [1.165, 1.54) is 17.7 Å². The van der Waals surface area contributed by atoms with Crippen molar-refractivity contribution in [1.82, 2.24) is 9.97 Å². The zero-order valence-corrected chi connectivity index (χ0v) is 22.2. The van der Waals surface area contributed by atoms with Crippen molar-refractivity contribution in [2.24, 2.45) is 5.41 Å². The molecule has 0 atom stereocenters. The molecule has 0 spiro atoms. The third-order valence-electron chi connectivity index (χ3n) is 6.41. The first kappa shape index (κ1) is 24.7. The topological polar surface area (TPSA) is 25.8 Å². The van der Waals surface area contributed by atoms with Gasteiger partial charge in [0.15, 0.2) is 0 Å². The Morgan fingerprint density at radius 1 is 0.806 bits per heavy atom. The lowest BCUT2D eigenvalue weighted by Crippen LogP contribution is -2.12. The van der Waals surface area contributed by atoms with Gasteiger partial charge in [-0.25, -0.2) is 9.97 Å². The van der Waals surface area contributed by atoms with Crippen molar-refractivity contribution in [1.29, 1.82) is 0 Å². The van der Waals surface area contributed by atoms with Crippen LogP contribution in [0.15, 0.2) is 54.9 Å². The van der Waals surface area contributed by atoms with Crippen molar-refractivity contribution in [2.75, 3.05) is 0 Å². The molecule has 0 N–H and O–H groups in total. The second kappa shape index (κ2) is 8.27. The molecule has 0 aliphatic carbocycles. The summed E-state index contributed by atoms with van der Waals surface area (Å²) in [6, 6.07) is 14.4. The first-order chi connectivity index (χ1) is 16.7. The molecule has 2 nitrogen and oxygen atoms in total. The van der Waals surface area contributed by atoms with Gasteiger partial charge in [-0.2, -0.15) is 13.2 Å². The molecule has 0 radical (unpaired) electrons. The molecule has 0 fully saturated rings. The molecule has 6 heteroatoms. The minimum atomic E-state index is -4.40. The van der Waals surface area contributed by atoms with Gasteiger partial charge in [-0.05, 0) is 69.5 Å². The van der Waals surface area contributed by atoms with Crippen LogP contribution in [0.2, 0.25) is 0 Å². The van der Waals surface area contributed by atoms with Crippen LogP contribution in [-0.4, -0.2) is 9.97 Å². The molecular weight excluding hydrogens is 477 g/mol. The molecule has 3 aromatic carbocycles. The molecule has 0 unspecified atom stereocenters. The van der Waals surface area contributed by atoms with Crippen LogP contribution in [0.25, 0.3) is 42.3 Å². The molecule has 0 aliphatic rings. The number of benzene rings is 3. The van der Waals surface area contributed by atoms with Crippen molar-refractivity contribution in [2.45, 2.75) is 59.6 Å². The molecule has 0 saturated carbocycles. The highest BCUT2D eigenvalue weighted by Gasteiger charge is 2.31. The predicted molar refractivity (Wildman–Crippen MR) is 145 cm³/mol. The molecule has 0 saturated heterocycles. The van der Waals surface area contributed by atoms with Crippen molar-refractivity contribution >= 4 is 42.4 Å². The van der Waals surface area contributed by atoms with Crippen LogP contribution >= 0.6 is 11.3 Å². The van der Waals surface area contributed by atoms with E-state index in [4.69, 9.17) is 0 Å². The molecular formula is C30H29F3N2S. The Kier molecular flexibility index (Phi) is 5.67. The first-order valence-electron chi connectivity index (χ1n) is 12.0. The molecule has 5 rings (SSSR count). The number of alkyl halides is 3. The Balaban J connectivity index is 1.75. The zero-order valence-electron chi connectivity index (χ0n) is 21.3. The maximum absolute atomic E-state index is 13.5. The van der Waals surface area contributed by atoms with E-state index in [0.717, 1.165) is 48.9 Å². The lowest BCUT2D eigenvalue weighted by Gasteiger charge is -2.23. The second-order valence-corrected chi connectivity index (χ2v) is 12.8. The number of hydrogen-bond donors (Lipinski definition) is 0. The molecule has 0 bridgehead atoms. The fourth-order valence-electron chi connectivity index (χ4n) is 4.85. The Labute approximate surface area is 213 Å². The van der Waals surface area contributed by atoms with Crippen molar-refractivity contribution in [3.63, 3.8) is 0 Å². The molecule has 36 heavy (non-hydrogen) atoms. The van der Waals surface area contributed by atoms with E-state index in [1.807, 2.05) is 6.07 Å². The van der Waals surface area contributed by atoms with Crippen LogP contribution in [0, 0.1) is 5.41 Å². The molecule has 186 valence electrons. The zero-order chi connectivity index (χ0) is 26.0. The summed E-state index contributed by atoms with van der Waals surface area (Å²) in [5, 5.41) is 2.47. The highest BCUT2D eigenvalue weighted by molar-refractivity contribution is 7.26. The molecule has 0 aliphatic heterocycles. The quantitative estimate of drug-likeness (QED) is 0.238. The molecule has 5 aromatic rings. The SMILES string of the molecule is CC(C)(C)Cc1ccc2c(c1)sc1c(-c3cc(C(C)(C)C)c4ccc(C(F)(F)F)cc4c3)ncnc12. The van der Waals surface area contributed by atoms with Crippen molar-refractivity contribution in [3.05, 3.63) is 71.5 Å². The normalized spacial score (nSPS) is 13.2. The smallest absolute Gasteiger partial charge is 0.235 e. The number of fused-ring (bicyclic) bond motifs is 4. The van der Waals surface area contributed by atoms with Crippen LogP contribution in [0.4, 0.5) is 13.2 Å². The highest BCUT2D eigenvalue weighted by Crippen LogP contribution is 2.42. The minimum absolute atomic E-state index is 0.180. The monoisotopic (exact) mass is 506 g/mol. The average molecular weight is 507 g/mol. The summed E-state index contributed by atoms with van der Waals surface area (Å²) in [7, 11) is 0. The number of nitrogens with zero attached hydrogens (tertiary/aromatic N) is 2. The van der Waals surface area contributed by atoms with Crippen LogP contribution in [0.3, 0.4) is 0 Å². The molecule has 0 amide bonds. The Bertz CT molecular complexity index is 1620. The van der Waals surface area contributed by atoms with E-state index in [-0.39, 0.29) is 10.8 Å². The standard InChI is InChI=1S/C30H29F3N2S/c1-28(2,3)15-17-7-9-22-24(11-17)36-27-25(34-16-35-26(22)27)19-12-18-13-20(30(31,32)33)8-10-21(18)23(14-19)29(4,5)6/h7-14,16H,15H2,1-6H3. The molecule has 2 aromatic heterocycles. The van der Waals surface area contributed by atoms with Gasteiger partial charge in [0.1, 0.15) is 6.33 Å². The van der Waals surface area contributed by atoms with Gasteiger partial charge >= 0.3 is 6.18 Å². The van der Waals surface area contributed by atoms with Gasteiger partial charge in [0, 0.05) is 15.6 Å². The number of thiophene rings is 1. The Hall–Kier alpha value is -2.99. The van der Waals surface area contributed by atoms with Gasteiger partial charge < -0.3 is 0 Å². The summed E-state index contributed by atoms with van der Waals surface area (Å²) < 4.78 is 42.6. The van der Waals surface area contributed by atoms with Gasteiger partial charge in [0.05, 0.1) is 21.5 Å². The summed E-state index contributed by atoms with van der Waals surface area (Å²) in [5.74, 6) is 0. The average Bonchev–Trinajstić information content (AvgIpc) is 3.13. The van der Waals surface area contributed by atoms with Crippen LogP contribution in [0.1, 0.15) is 58.2 Å². The third-order valence-corrected chi connectivity index (χ3v) is 7.56. The maximum atomic E-state index is 13.5. The Morgan fingerprint density at radius 3 is 2.19 bits per heavy atom. The summed E-state index contributed by atoms with van der Waals surface area (Å²) in [4.78, 5) is 9.22. The molecule has 2 heterocycles. The number of halogens is 3. The van der Waals surface area contributed by atoms with Crippen LogP contribution in [0.5, 0.6) is 0 Å². The van der Waals surface area contributed by atoms with Gasteiger partial charge in [-0.3, -0.25) is 0 Å². The van der Waals surface area contributed by atoms with Gasteiger partial charge in [0.2, 0.25) is 0 Å². The first-order valence-corrected chi connectivity index (χ1v) is 12.8. The van der Waals surface area contributed by atoms with Crippen molar-refractivity contribution in [3.8, 4) is 11.3 Å². The maximum Gasteiger partial charge on any atom is 0.416 e. The fraction of sp³-hybridized carbons (Fsp3) is 0.333. The largest absolute Gasteiger partial charge is 0.416 e. The minimum Gasteiger partial charge on any atom is -0.235 e. The lowest BCUT2D eigenvalue weighted by atomic mass is 9.82. The number of hydrogen-bond acceptors (Lipinski definition) is 3. The summed E-state index contributed by atoms with van der Waals surface area (Å²) in [6.45, 7) is 12.9. The second-order valence-electron chi connectivity index (χ2n) is 11.8. The van der Waals surface area contributed by atoms with E-state index in [1.54, 1.807) is 23.7 Å². The number of aromatic nitrogens is 2. The third kappa shape index (κ3) is 4.59. The van der Waals surface area contributed by atoms with E-state index >= 15 is 0 Å². The van der Waals surface area contributed by atoms with Crippen molar-refractivity contribution < 1.29 is 13.2 Å². The van der Waals surface area contributed by atoms with Gasteiger partial charge in [-0.1, -0.05) is 59.7 Å². The summed E-state index contributed by atoms with van der Waals surface area (Å²) in [6.07, 6.45) is -1.87. The van der Waals surface area contributed by atoms with E-state index in [2.05, 4.69) is 75.8 Å². The van der Waals surface area contributed by atoms with Crippen LogP contribution in [-0.2, 0) is 18.0 Å². The Morgan fingerprint density at radius 2 is 1.53 bits per heavy atom. The lowest BCUT2D eigenvalue weighted by molar-refractivity contribution is -0.137. The predicted octanol–water partition coefficient (Wildman–Crippen LogP) is 9.57. The van der Waals surface area contributed by atoms with E-state index in [0.29, 0.717) is 5.39 Å². The van der Waals surface area contributed by atoms with Gasteiger partial charge in [0.25, 0.3) is 0 Å². The summed E-state index contributed by atoms with van der Waals surface area (Å²) >= 11 is 1.64. The highest BCUT2D eigenvalue weighted by atomic mass is 32.1. The fourth-order valence-corrected chi connectivity index (χ4v) is 6.08. The van der Waals surface area contributed by atoms with Gasteiger partial charge in [-0.15, -0.1) is 11.3 Å². The van der Waals surface area contributed by atoms with E-state index in [9.17, 15) is 13.2 Å².